The number of ether oxygens (including phenoxy) is 5. The summed E-state index contributed by atoms with van der Waals surface area (Å²) in [6.07, 6.45) is 5.09. The molecule has 218 valence electrons. The molecule has 40 heavy (non-hydrogen) atoms. The summed E-state index contributed by atoms with van der Waals surface area (Å²) in [5, 5.41) is 2.02. The van der Waals surface area contributed by atoms with E-state index in [9.17, 15) is 9.70 Å². The third-order valence-corrected chi connectivity index (χ3v) is 7.07. The lowest BCUT2D eigenvalue weighted by molar-refractivity contribution is -0.789. The Bertz CT molecular complexity index is 1150. The van der Waals surface area contributed by atoms with Gasteiger partial charge in [0.15, 0.2) is 11.8 Å². The molecule has 0 aliphatic carbocycles. The highest BCUT2D eigenvalue weighted by atomic mass is 35.5. The zero-order valence-corrected chi connectivity index (χ0v) is 23.7. The lowest BCUT2D eigenvalue weighted by atomic mass is 10.0. The fourth-order valence-electron chi connectivity index (χ4n) is 4.73. The summed E-state index contributed by atoms with van der Waals surface area (Å²) in [4.78, 5) is 34.2. The van der Waals surface area contributed by atoms with Gasteiger partial charge >= 0.3 is 12.4 Å². The number of benzene rings is 1. The Morgan fingerprint density at radius 1 is 1.23 bits per heavy atom. The number of carbonyl (C=O) groups excluding carboxylic acids is 1. The summed E-state index contributed by atoms with van der Waals surface area (Å²) in [5.74, 6) is 0.159. The van der Waals surface area contributed by atoms with Gasteiger partial charge in [0, 0.05) is 35.0 Å². The van der Waals surface area contributed by atoms with E-state index in [0.29, 0.717) is 60.7 Å². The maximum Gasteiger partial charge on any atom is 0.334 e. The van der Waals surface area contributed by atoms with Crippen molar-refractivity contribution < 1.29 is 38.3 Å². The molecule has 1 aromatic heterocycles. The van der Waals surface area contributed by atoms with Crippen molar-refractivity contribution in [2.75, 3.05) is 34.0 Å². The Hall–Kier alpha value is -3.03. The van der Waals surface area contributed by atoms with E-state index in [1.807, 2.05) is 37.4 Å². The number of aryl methyl sites for hydroxylation is 1. The molecule has 13 heteroatoms. The molecule has 3 unspecified atom stereocenters. The first-order valence-electron chi connectivity index (χ1n) is 13.3. The van der Waals surface area contributed by atoms with Gasteiger partial charge in [0.1, 0.15) is 6.10 Å². The Labute approximate surface area is 238 Å². The molecule has 1 aromatic carbocycles. The minimum Gasteiger partial charge on any atom is -0.467 e. The molecule has 1 fully saturated rings. The molecule has 0 spiro atoms. The number of pyridine rings is 1. The summed E-state index contributed by atoms with van der Waals surface area (Å²) in [5.41, 5.74) is 5.89. The van der Waals surface area contributed by atoms with Crippen molar-refractivity contribution in [3.05, 3.63) is 62.8 Å². The van der Waals surface area contributed by atoms with Gasteiger partial charge in [-0.05, 0) is 56.7 Å². The van der Waals surface area contributed by atoms with Gasteiger partial charge in [0.05, 0.1) is 44.1 Å². The van der Waals surface area contributed by atoms with Gasteiger partial charge in [-0.1, -0.05) is 28.7 Å². The fourth-order valence-corrected chi connectivity index (χ4v) is 4.86. The first-order valence-corrected chi connectivity index (χ1v) is 13.7. The molecule has 2 aliphatic rings. The van der Waals surface area contributed by atoms with Crippen LogP contribution in [-0.4, -0.2) is 67.4 Å². The number of halogens is 1. The molecule has 2 aromatic rings. The van der Waals surface area contributed by atoms with Crippen molar-refractivity contribution in [1.29, 1.82) is 0 Å². The summed E-state index contributed by atoms with van der Waals surface area (Å²) in [7, 11) is 2.82. The van der Waals surface area contributed by atoms with E-state index in [4.69, 9.17) is 40.1 Å². The third-order valence-electron chi connectivity index (χ3n) is 6.82. The molecule has 3 atom stereocenters. The largest absolute Gasteiger partial charge is 0.467 e. The lowest BCUT2D eigenvalue weighted by Gasteiger charge is -2.20. The first kappa shape index (κ1) is 29.9. The Morgan fingerprint density at radius 2 is 2.00 bits per heavy atom. The predicted octanol–water partition coefficient (Wildman–Crippen LogP) is 3.93. The summed E-state index contributed by atoms with van der Waals surface area (Å²) < 4.78 is 28.1. The van der Waals surface area contributed by atoms with E-state index in [1.165, 1.54) is 19.2 Å². The summed E-state index contributed by atoms with van der Waals surface area (Å²) >= 11 is 6.03. The molecular formula is C27H36ClN4O8+. The summed E-state index contributed by atoms with van der Waals surface area (Å²) in [6.45, 7) is 2.52. The SMILES string of the molecule is COC(=O)C1CCCN1[N+](=O)NOCCCCCOC(OC)Oc1c(C)ncc2c1COC2c1ccc(Cl)cc1. The maximum absolute atomic E-state index is 12.2. The molecule has 4 rings (SSSR count). The fraction of sp³-hybridized carbons (Fsp3) is 0.556. The molecular weight excluding hydrogens is 544 g/mol. The maximum atomic E-state index is 12.2. The van der Waals surface area contributed by atoms with Gasteiger partial charge < -0.3 is 23.7 Å². The van der Waals surface area contributed by atoms with Crippen molar-refractivity contribution in [2.24, 2.45) is 0 Å². The number of hydrogen-bond donors (Lipinski definition) is 1. The average Bonchev–Trinajstić information content (AvgIpc) is 3.63. The smallest absolute Gasteiger partial charge is 0.334 e. The third kappa shape index (κ3) is 7.38. The quantitative estimate of drug-likeness (QED) is 0.109. The Morgan fingerprint density at radius 3 is 2.75 bits per heavy atom. The summed E-state index contributed by atoms with van der Waals surface area (Å²) in [6, 6.07) is 6.96. The van der Waals surface area contributed by atoms with Crippen LogP contribution in [0.25, 0.3) is 0 Å². The van der Waals surface area contributed by atoms with Crippen molar-refractivity contribution in [3.8, 4) is 5.75 Å². The molecule has 1 N–H and O–H groups in total. The normalized spacial score (nSPS) is 18.9. The Balaban J connectivity index is 1.17. The minimum absolute atomic E-state index is 0.250. The van der Waals surface area contributed by atoms with Crippen molar-refractivity contribution in [3.63, 3.8) is 0 Å². The van der Waals surface area contributed by atoms with Crippen LogP contribution in [0.4, 0.5) is 0 Å². The van der Waals surface area contributed by atoms with Crippen LogP contribution < -0.4 is 10.3 Å². The van der Waals surface area contributed by atoms with Gasteiger partial charge in [-0.3, -0.25) is 4.98 Å². The number of hydrogen-bond acceptors (Lipinski definition) is 9. The highest BCUT2D eigenvalue weighted by Gasteiger charge is 2.41. The molecule has 1 saturated heterocycles. The zero-order valence-electron chi connectivity index (χ0n) is 23.0. The zero-order chi connectivity index (χ0) is 28.5. The van der Waals surface area contributed by atoms with E-state index in [2.05, 4.69) is 10.6 Å². The van der Waals surface area contributed by atoms with E-state index in [0.717, 1.165) is 36.0 Å². The van der Waals surface area contributed by atoms with Crippen LogP contribution in [0.5, 0.6) is 5.75 Å². The second-order valence-electron chi connectivity index (χ2n) is 9.48. The lowest BCUT2D eigenvalue weighted by Crippen LogP contribution is -2.48. The molecule has 2 aliphatic heterocycles. The number of esters is 1. The molecule has 0 bridgehead atoms. The Kier molecular flexibility index (Phi) is 10.9. The van der Waals surface area contributed by atoms with Crippen molar-refractivity contribution in [1.82, 2.24) is 15.6 Å². The topological polar surface area (TPSA) is 121 Å². The molecule has 0 saturated carbocycles. The van der Waals surface area contributed by atoms with E-state index < -0.39 is 18.5 Å². The van der Waals surface area contributed by atoms with Gasteiger partial charge in [-0.25, -0.2) is 9.63 Å². The number of aromatic nitrogens is 1. The number of nitrogens with one attached hydrogen (secondary N) is 1. The second-order valence-corrected chi connectivity index (χ2v) is 9.92. The predicted molar refractivity (Wildman–Crippen MR) is 143 cm³/mol. The first-order chi connectivity index (χ1) is 19.4. The van der Waals surface area contributed by atoms with Crippen LogP contribution >= 0.6 is 11.6 Å². The van der Waals surface area contributed by atoms with Gasteiger partial charge in [0.25, 0.3) is 4.98 Å². The number of rotatable bonds is 15. The number of fused-ring (bicyclic) bond motifs is 1. The number of hydrazine groups is 2. The molecule has 3 heterocycles. The van der Waals surface area contributed by atoms with Crippen molar-refractivity contribution in [2.45, 2.75) is 64.3 Å². The number of nitrogens with zero attached hydrogens (tertiary/aromatic N) is 3. The number of unbranched alkanes of at least 4 members (excludes halogenated alkanes) is 2. The standard InChI is InChI=1S/C27H36ClN4O8/c1-18-24(22-17-38-25(21(22)16-29-18)19-9-11-20(28)12-10-19)40-27(36-3)37-14-5-4-6-15-39-30-32(34)31-13-7-8-23(31)26(33)35-2/h9-12,16,23,25,27H,4-8,13-15,17H2,1-3H3,(H,30,34)/q+1. The van der Waals surface area contributed by atoms with E-state index in [-0.39, 0.29) is 6.10 Å². The number of carbonyl (C=O) groups is 1. The minimum atomic E-state index is -0.906. The monoisotopic (exact) mass is 579 g/mol. The van der Waals surface area contributed by atoms with Gasteiger partial charge in [-0.2, -0.15) is 0 Å². The molecule has 0 radical (unpaired) electrons. The van der Waals surface area contributed by atoms with Crippen molar-refractivity contribution >= 4 is 17.6 Å². The van der Waals surface area contributed by atoms with Crippen LogP contribution in [0, 0.1) is 11.8 Å². The molecule has 12 nitrogen and oxygen atoms in total. The van der Waals surface area contributed by atoms with Crippen LogP contribution in [0.2, 0.25) is 5.02 Å². The second kappa shape index (κ2) is 14.6. The van der Waals surface area contributed by atoms with Crippen LogP contribution in [-0.2, 0) is 35.2 Å². The number of nitroso groups, excluding NO2 is 1. The highest BCUT2D eigenvalue weighted by Crippen LogP contribution is 2.41. The van der Waals surface area contributed by atoms with Crippen LogP contribution in [0.3, 0.4) is 0 Å². The average molecular weight is 580 g/mol. The highest BCUT2D eigenvalue weighted by molar-refractivity contribution is 6.30. The van der Waals surface area contributed by atoms with Crippen LogP contribution in [0.1, 0.15) is 60.6 Å². The number of methoxy groups -OCH3 is 2. The van der Waals surface area contributed by atoms with E-state index >= 15 is 0 Å². The van der Waals surface area contributed by atoms with E-state index in [1.54, 1.807) is 0 Å². The molecule has 0 amide bonds. The van der Waals surface area contributed by atoms with Crippen LogP contribution in [0.15, 0.2) is 30.5 Å². The van der Waals surface area contributed by atoms with Gasteiger partial charge in [-0.15, -0.1) is 0 Å². The van der Waals surface area contributed by atoms with Gasteiger partial charge in [0.2, 0.25) is 0 Å².